The molecule has 0 aliphatic heterocycles. The number of halogens is 2. The Labute approximate surface area is 138 Å². The van der Waals surface area contributed by atoms with E-state index in [-0.39, 0.29) is 11.7 Å². The van der Waals surface area contributed by atoms with Gasteiger partial charge in [-0.3, -0.25) is 4.79 Å². The molecule has 12 heteroatoms. The third-order valence-corrected chi connectivity index (χ3v) is 5.73. The lowest BCUT2D eigenvalue weighted by atomic mass is 10.3. The maximum absolute atomic E-state index is 12.4. The number of anilines is 2. The SMILES string of the molecule is Nc1nnc(SCC(=O)Nc2ccc(S(=O)(=O)C(F)F)cc2)s1. The summed E-state index contributed by atoms with van der Waals surface area (Å²) in [6.07, 6.45) is 0. The van der Waals surface area contributed by atoms with E-state index in [1.807, 2.05) is 0 Å². The lowest BCUT2D eigenvalue weighted by Gasteiger charge is -2.06. The van der Waals surface area contributed by atoms with E-state index >= 15 is 0 Å². The third-order valence-electron chi connectivity index (χ3n) is 2.45. The summed E-state index contributed by atoms with van der Waals surface area (Å²) in [5, 5.41) is 10.1. The van der Waals surface area contributed by atoms with Crippen molar-refractivity contribution >= 4 is 49.7 Å². The second kappa shape index (κ2) is 7.19. The molecule has 23 heavy (non-hydrogen) atoms. The fraction of sp³-hybridized carbons (Fsp3) is 0.182. The number of aromatic nitrogens is 2. The molecule has 0 spiro atoms. The normalized spacial score (nSPS) is 11.6. The van der Waals surface area contributed by atoms with Gasteiger partial charge in [0.05, 0.1) is 10.6 Å². The Balaban J connectivity index is 1.94. The molecular formula is C11H10F2N4O3S3. The van der Waals surface area contributed by atoms with Crippen LogP contribution in [0, 0.1) is 0 Å². The summed E-state index contributed by atoms with van der Waals surface area (Å²) in [6, 6.07) is 4.49. The molecule has 2 rings (SSSR count). The number of amides is 1. The van der Waals surface area contributed by atoms with Gasteiger partial charge in [0.2, 0.25) is 20.9 Å². The van der Waals surface area contributed by atoms with Crippen molar-refractivity contribution in [3.05, 3.63) is 24.3 Å². The molecule has 1 aromatic carbocycles. The number of nitrogens with two attached hydrogens (primary N) is 1. The fourth-order valence-electron chi connectivity index (χ4n) is 1.43. The first kappa shape index (κ1) is 17.6. The Morgan fingerprint density at radius 3 is 2.48 bits per heavy atom. The fourth-order valence-corrected chi connectivity index (χ4v) is 3.59. The van der Waals surface area contributed by atoms with Crippen LogP contribution in [0.5, 0.6) is 0 Å². The van der Waals surface area contributed by atoms with Crippen molar-refractivity contribution in [3.8, 4) is 0 Å². The molecule has 0 aliphatic carbocycles. The van der Waals surface area contributed by atoms with Crippen LogP contribution in [0.3, 0.4) is 0 Å². The van der Waals surface area contributed by atoms with Crippen LogP contribution in [0.4, 0.5) is 19.6 Å². The van der Waals surface area contributed by atoms with Gasteiger partial charge < -0.3 is 11.1 Å². The zero-order valence-corrected chi connectivity index (χ0v) is 13.7. The van der Waals surface area contributed by atoms with Crippen molar-refractivity contribution in [1.82, 2.24) is 10.2 Å². The summed E-state index contributed by atoms with van der Waals surface area (Å²) in [7, 11) is -4.64. The molecule has 0 radical (unpaired) electrons. The van der Waals surface area contributed by atoms with E-state index in [1.54, 1.807) is 0 Å². The van der Waals surface area contributed by atoms with Crippen molar-refractivity contribution < 1.29 is 22.0 Å². The van der Waals surface area contributed by atoms with E-state index in [9.17, 15) is 22.0 Å². The summed E-state index contributed by atoms with van der Waals surface area (Å²) in [6.45, 7) is 0. The molecule has 0 atom stereocenters. The molecule has 1 heterocycles. The Morgan fingerprint density at radius 1 is 1.30 bits per heavy atom. The van der Waals surface area contributed by atoms with Crippen LogP contribution in [0.15, 0.2) is 33.5 Å². The molecule has 3 N–H and O–H groups in total. The minimum atomic E-state index is -4.64. The highest BCUT2D eigenvalue weighted by atomic mass is 32.2. The smallest absolute Gasteiger partial charge is 0.341 e. The molecule has 0 unspecified atom stereocenters. The average molecular weight is 380 g/mol. The van der Waals surface area contributed by atoms with Gasteiger partial charge in [0.15, 0.2) is 4.34 Å². The Bertz CT molecular complexity index is 793. The van der Waals surface area contributed by atoms with Crippen LogP contribution in [-0.4, -0.2) is 36.0 Å². The molecule has 0 saturated heterocycles. The average Bonchev–Trinajstić information content (AvgIpc) is 2.91. The number of sulfone groups is 1. The van der Waals surface area contributed by atoms with E-state index in [0.29, 0.717) is 15.2 Å². The highest BCUT2D eigenvalue weighted by Crippen LogP contribution is 2.24. The summed E-state index contributed by atoms with van der Waals surface area (Å²) >= 11 is 2.28. The maximum atomic E-state index is 12.4. The first-order chi connectivity index (χ1) is 10.8. The molecule has 0 bridgehead atoms. The van der Waals surface area contributed by atoms with Crippen molar-refractivity contribution in [1.29, 1.82) is 0 Å². The second-order valence-corrected chi connectivity index (χ2v) is 8.22. The molecule has 2 aromatic rings. The number of rotatable bonds is 6. The number of carbonyl (C=O) groups excluding carboxylic acids is 1. The van der Waals surface area contributed by atoms with Gasteiger partial charge in [-0.1, -0.05) is 23.1 Å². The number of nitrogens with one attached hydrogen (secondary N) is 1. The maximum Gasteiger partial charge on any atom is 0.341 e. The lowest BCUT2D eigenvalue weighted by molar-refractivity contribution is -0.113. The first-order valence-electron chi connectivity index (χ1n) is 5.93. The van der Waals surface area contributed by atoms with Gasteiger partial charge in [0.1, 0.15) is 0 Å². The Kier molecular flexibility index (Phi) is 5.49. The minimum Gasteiger partial charge on any atom is -0.374 e. The zero-order chi connectivity index (χ0) is 17.0. The van der Waals surface area contributed by atoms with Gasteiger partial charge in [-0.05, 0) is 24.3 Å². The van der Waals surface area contributed by atoms with E-state index < -0.39 is 20.5 Å². The lowest BCUT2D eigenvalue weighted by Crippen LogP contribution is -2.14. The molecule has 7 nitrogen and oxygen atoms in total. The number of benzene rings is 1. The van der Waals surface area contributed by atoms with Crippen LogP contribution in [0.25, 0.3) is 0 Å². The predicted octanol–water partition coefficient (Wildman–Crippen LogP) is 1.85. The van der Waals surface area contributed by atoms with Crippen molar-refractivity contribution in [2.75, 3.05) is 16.8 Å². The molecule has 0 saturated carbocycles. The van der Waals surface area contributed by atoms with Crippen LogP contribution in [0.1, 0.15) is 0 Å². The molecule has 124 valence electrons. The number of carbonyl (C=O) groups is 1. The molecule has 0 fully saturated rings. The summed E-state index contributed by atoms with van der Waals surface area (Å²) in [4.78, 5) is 11.2. The van der Waals surface area contributed by atoms with E-state index in [0.717, 1.165) is 35.2 Å². The van der Waals surface area contributed by atoms with Crippen molar-refractivity contribution in [3.63, 3.8) is 0 Å². The van der Waals surface area contributed by atoms with E-state index in [4.69, 9.17) is 5.73 Å². The van der Waals surface area contributed by atoms with Gasteiger partial charge in [0.25, 0.3) is 0 Å². The Morgan fingerprint density at radius 2 is 1.96 bits per heavy atom. The summed E-state index contributed by atoms with van der Waals surface area (Å²) in [5.41, 5.74) is 5.70. The third kappa shape index (κ3) is 4.59. The predicted molar refractivity (Wildman–Crippen MR) is 83.3 cm³/mol. The van der Waals surface area contributed by atoms with Crippen LogP contribution >= 0.6 is 23.1 Å². The van der Waals surface area contributed by atoms with Crippen LogP contribution in [0.2, 0.25) is 0 Å². The van der Waals surface area contributed by atoms with Crippen LogP contribution in [-0.2, 0) is 14.6 Å². The topological polar surface area (TPSA) is 115 Å². The highest BCUT2D eigenvalue weighted by Gasteiger charge is 2.26. The van der Waals surface area contributed by atoms with Crippen LogP contribution < -0.4 is 11.1 Å². The quantitative estimate of drug-likeness (QED) is 0.735. The van der Waals surface area contributed by atoms with Crippen molar-refractivity contribution in [2.24, 2.45) is 0 Å². The van der Waals surface area contributed by atoms with Gasteiger partial charge in [0, 0.05) is 5.69 Å². The number of nitrogen functional groups attached to an aromatic ring is 1. The Hall–Kier alpha value is -1.79. The largest absolute Gasteiger partial charge is 0.374 e. The van der Waals surface area contributed by atoms with Gasteiger partial charge in [-0.15, -0.1) is 10.2 Å². The molecular weight excluding hydrogens is 370 g/mol. The van der Waals surface area contributed by atoms with Crippen molar-refractivity contribution in [2.45, 2.75) is 15.0 Å². The zero-order valence-electron chi connectivity index (χ0n) is 11.3. The number of hydrogen-bond donors (Lipinski definition) is 2. The number of nitrogens with zero attached hydrogens (tertiary/aromatic N) is 2. The summed E-state index contributed by atoms with van der Waals surface area (Å²) < 4.78 is 47.9. The van der Waals surface area contributed by atoms with E-state index in [1.165, 1.54) is 12.1 Å². The number of thioether (sulfide) groups is 1. The molecule has 1 aromatic heterocycles. The monoisotopic (exact) mass is 380 g/mol. The molecule has 1 amide bonds. The number of alkyl halides is 2. The van der Waals surface area contributed by atoms with Gasteiger partial charge in [-0.25, -0.2) is 8.42 Å². The number of hydrogen-bond acceptors (Lipinski definition) is 8. The highest BCUT2D eigenvalue weighted by molar-refractivity contribution is 8.01. The molecule has 0 aliphatic rings. The first-order valence-corrected chi connectivity index (χ1v) is 9.27. The van der Waals surface area contributed by atoms with Gasteiger partial charge in [-0.2, -0.15) is 8.78 Å². The standard InChI is InChI=1S/C11H10F2N4O3S3/c12-9(13)23(19,20)7-3-1-6(2-4-7)15-8(18)5-21-11-17-16-10(14)22-11/h1-4,9H,5H2,(H2,14,16)(H,15,18). The summed E-state index contributed by atoms with van der Waals surface area (Å²) in [5.74, 6) is -3.81. The second-order valence-electron chi connectivity index (χ2n) is 4.07. The van der Waals surface area contributed by atoms with Gasteiger partial charge >= 0.3 is 5.76 Å². The van der Waals surface area contributed by atoms with E-state index in [2.05, 4.69) is 15.5 Å². The minimum absolute atomic E-state index is 0.0473.